The van der Waals surface area contributed by atoms with Gasteiger partial charge in [-0.3, -0.25) is 4.79 Å². The lowest BCUT2D eigenvalue weighted by Crippen LogP contribution is -2.45. The molecule has 6 heteroatoms. The fourth-order valence-electron chi connectivity index (χ4n) is 2.75. The SMILES string of the molecule is COC1(C(=O)Cc2nnn(C)n2)CCCC(C)C1. The van der Waals surface area contributed by atoms with Gasteiger partial charge in [0.25, 0.3) is 0 Å². The van der Waals surface area contributed by atoms with E-state index in [1.54, 1.807) is 14.2 Å². The van der Waals surface area contributed by atoms with Crippen LogP contribution < -0.4 is 0 Å². The van der Waals surface area contributed by atoms with Crippen LogP contribution in [0, 0.1) is 5.92 Å². The van der Waals surface area contributed by atoms with Gasteiger partial charge < -0.3 is 4.74 Å². The van der Waals surface area contributed by atoms with E-state index in [1.165, 1.54) is 11.2 Å². The second-order valence-electron chi connectivity index (χ2n) is 5.20. The van der Waals surface area contributed by atoms with Gasteiger partial charge in [0.1, 0.15) is 5.60 Å². The van der Waals surface area contributed by atoms with Crippen molar-refractivity contribution in [1.29, 1.82) is 0 Å². The summed E-state index contributed by atoms with van der Waals surface area (Å²) in [5.74, 6) is 1.07. The van der Waals surface area contributed by atoms with Crippen LogP contribution >= 0.6 is 0 Å². The maximum atomic E-state index is 12.4. The first-order chi connectivity index (χ1) is 8.55. The first-order valence-corrected chi connectivity index (χ1v) is 6.37. The molecule has 2 unspecified atom stereocenters. The average molecular weight is 252 g/mol. The number of hydrogen-bond acceptors (Lipinski definition) is 5. The molecule has 0 saturated heterocycles. The lowest BCUT2D eigenvalue weighted by molar-refractivity contribution is -0.146. The van der Waals surface area contributed by atoms with Gasteiger partial charge in [0.05, 0.1) is 13.5 Å². The highest BCUT2D eigenvalue weighted by atomic mass is 16.5. The zero-order chi connectivity index (χ0) is 13.2. The van der Waals surface area contributed by atoms with Crippen LogP contribution in [0.3, 0.4) is 0 Å². The number of carbonyl (C=O) groups excluding carboxylic acids is 1. The summed E-state index contributed by atoms with van der Waals surface area (Å²) in [6, 6.07) is 0. The van der Waals surface area contributed by atoms with Crippen molar-refractivity contribution in [3.8, 4) is 0 Å². The molecule has 0 spiro atoms. The van der Waals surface area contributed by atoms with Crippen molar-refractivity contribution in [3.63, 3.8) is 0 Å². The molecule has 100 valence electrons. The molecule has 6 nitrogen and oxygen atoms in total. The Balaban J connectivity index is 2.09. The van der Waals surface area contributed by atoms with E-state index in [2.05, 4.69) is 22.3 Å². The third-order valence-electron chi connectivity index (χ3n) is 3.72. The monoisotopic (exact) mass is 252 g/mol. The molecule has 1 saturated carbocycles. The van der Waals surface area contributed by atoms with Crippen molar-refractivity contribution in [3.05, 3.63) is 5.82 Å². The third kappa shape index (κ3) is 2.58. The number of tetrazole rings is 1. The van der Waals surface area contributed by atoms with E-state index in [0.29, 0.717) is 11.7 Å². The van der Waals surface area contributed by atoms with E-state index in [4.69, 9.17) is 4.74 Å². The highest BCUT2D eigenvalue weighted by Gasteiger charge is 2.41. The minimum atomic E-state index is -0.642. The van der Waals surface area contributed by atoms with E-state index in [9.17, 15) is 4.79 Å². The number of aryl methyl sites for hydroxylation is 1. The first-order valence-electron chi connectivity index (χ1n) is 6.37. The number of hydrogen-bond donors (Lipinski definition) is 0. The molecule has 1 aromatic rings. The zero-order valence-electron chi connectivity index (χ0n) is 11.2. The molecule has 1 aromatic heterocycles. The topological polar surface area (TPSA) is 69.9 Å². The van der Waals surface area contributed by atoms with Crippen LogP contribution in [0.15, 0.2) is 0 Å². The minimum Gasteiger partial charge on any atom is -0.370 e. The quantitative estimate of drug-likeness (QED) is 0.797. The van der Waals surface area contributed by atoms with Crippen molar-refractivity contribution in [2.45, 2.75) is 44.6 Å². The highest BCUT2D eigenvalue weighted by molar-refractivity contribution is 5.88. The standard InChI is InChI=1S/C12H20N4O2/c1-9-5-4-6-12(8-9,18-3)10(17)7-11-13-15-16(2)14-11/h9H,4-8H2,1-3H3. The predicted molar refractivity (Wildman–Crippen MR) is 64.9 cm³/mol. The molecular formula is C12H20N4O2. The smallest absolute Gasteiger partial charge is 0.182 e. The minimum absolute atomic E-state index is 0.0737. The second kappa shape index (κ2) is 5.14. The lowest BCUT2D eigenvalue weighted by atomic mass is 9.75. The van der Waals surface area contributed by atoms with Crippen molar-refractivity contribution in [2.75, 3.05) is 7.11 Å². The summed E-state index contributed by atoms with van der Waals surface area (Å²) in [6.45, 7) is 2.17. The largest absolute Gasteiger partial charge is 0.370 e. The number of methoxy groups -OCH3 is 1. The van der Waals surface area contributed by atoms with Crippen LogP contribution in [0.25, 0.3) is 0 Å². The van der Waals surface area contributed by atoms with Crippen LogP contribution in [0.5, 0.6) is 0 Å². The summed E-state index contributed by atoms with van der Waals surface area (Å²) in [5.41, 5.74) is -0.642. The molecule has 1 fully saturated rings. The molecule has 0 aliphatic heterocycles. The number of ketones is 1. The van der Waals surface area contributed by atoms with Crippen LogP contribution in [0.4, 0.5) is 0 Å². The molecule has 18 heavy (non-hydrogen) atoms. The van der Waals surface area contributed by atoms with Gasteiger partial charge in [-0.2, -0.15) is 4.80 Å². The Morgan fingerprint density at radius 2 is 2.39 bits per heavy atom. The first kappa shape index (κ1) is 13.1. The van der Waals surface area contributed by atoms with Gasteiger partial charge in [-0.25, -0.2) is 0 Å². The summed E-state index contributed by atoms with van der Waals surface area (Å²) in [4.78, 5) is 13.8. The number of ether oxygens (including phenoxy) is 1. The van der Waals surface area contributed by atoms with Crippen molar-refractivity contribution < 1.29 is 9.53 Å². The molecular weight excluding hydrogens is 232 g/mol. The summed E-state index contributed by atoms with van der Waals surface area (Å²) in [5, 5.41) is 11.6. The maximum Gasteiger partial charge on any atom is 0.182 e. The Bertz CT molecular complexity index is 431. The van der Waals surface area contributed by atoms with Gasteiger partial charge in [-0.05, 0) is 30.4 Å². The predicted octanol–water partition coefficient (Wildman–Crippen LogP) is 0.917. The summed E-state index contributed by atoms with van der Waals surface area (Å²) >= 11 is 0. The number of rotatable bonds is 4. The Morgan fingerprint density at radius 1 is 1.61 bits per heavy atom. The highest BCUT2D eigenvalue weighted by Crippen LogP contribution is 2.35. The molecule has 2 rings (SSSR count). The van der Waals surface area contributed by atoms with Gasteiger partial charge in [-0.1, -0.05) is 13.3 Å². The maximum absolute atomic E-state index is 12.4. The van der Waals surface area contributed by atoms with Crippen molar-refractivity contribution in [1.82, 2.24) is 20.2 Å². The van der Waals surface area contributed by atoms with Crippen LogP contribution in [-0.2, 0) is 23.0 Å². The molecule has 0 N–H and O–H groups in total. The normalized spacial score (nSPS) is 28.3. The number of aromatic nitrogens is 4. The van der Waals surface area contributed by atoms with Crippen molar-refractivity contribution in [2.24, 2.45) is 13.0 Å². The summed E-state index contributed by atoms with van der Waals surface area (Å²) in [7, 11) is 3.32. The summed E-state index contributed by atoms with van der Waals surface area (Å²) in [6.07, 6.45) is 4.00. The third-order valence-corrected chi connectivity index (χ3v) is 3.72. The molecule has 0 bridgehead atoms. The van der Waals surface area contributed by atoms with Crippen LogP contribution in [-0.4, -0.2) is 38.7 Å². The van der Waals surface area contributed by atoms with Crippen molar-refractivity contribution >= 4 is 5.78 Å². The van der Waals surface area contributed by atoms with Gasteiger partial charge in [-0.15, -0.1) is 10.2 Å². The Kier molecular flexibility index (Phi) is 3.75. The van der Waals surface area contributed by atoms with Gasteiger partial charge >= 0.3 is 0 Å². The van der Waals surface area contributed by atoms with E-state index in [-0.39, 0.29) is 12.2 Å². The second-order valence-corrected chi connectivity index (χ2v) is 5.20. The molecule has 0 amide bonds. The fraction of sp³-hybridized carbons (Fsp3) is 0.833. The fourth-order valence-corrected chi connectivity index (χ4v) is 2.75. The lowest BCUT2D eigenvalue weighted by Gasteiger charge is -2.37. The Hall–Kier alpha value is -1.30. The van der Waals surface area contributed by atoms with Gasteiger partial charge in [0.15, 0.2) is 11.6 Å². The number of carbonyl (C=O) groups is 1. The van der Waals surface area contributed by atoms with Gasteiger partial charge in [0, 0.05) is 7.11 Å². The van der Waals surface area contributed by atoms with Crippen LogP contribution in [0.2, 0.25) is 0 Å². The zero-order valence-corrected chi connectivity index (χ0v) is 11.2. The molecule has 0 aromatic carbocycles. The average Bonchev–Trinajstić information content (AvgIpc) is 2.74. The number of Topliss-reactive ketones (excluding diaryl/α,β-unsaturated/α-hetero) is 1. The molecule has 2 atom stereocenters. The van der Waals surface area contributed by atoms with Gasteiger partial charge in [0.2, 0.25) is 0 Å². The Labute approximate surface area is 107 Å². The van der Waals surface area contributed by atoms with E-state index >= 15 is 0 Å². The molecule has 0 radical (unpaired) electrons. The summed E-state index contributed by atoms with van der Waals surface area (Å²) < 4.78 is 5.56. The molecule has 1 heterocycles. The Morgan fingerprint density at radius 3 is 2.94 bits per heavy atom. The van der Waals surface area contributed by atoms with E-state index in [0.717, 1.165) is 19.3 Å². The molecule has 1 aliphatic carbocycles. The van der Waals surface area contributed by atoms with E-state index < -0.39 is 5.60 Å². The number of nitrogens with zero attached hydrogens (tertiary/aromatic N) is 4. The molecule has 1 aliphatic rings. The van der Waals surface area contributed by atoms with Crippen LogP contribution in [0.1, 0.15) is 38.4 Å². The van der Waals surface area contributed by atoms with E-state index in [1.807, 2.05) is 0 Å².